The van der Waals surface area contributed by atoms with Gasteiger partial charge in [0.05, 0.1) is 23.6 Å². The van der Waals surface area contributed by atoms with Gasteiger partial charge in [0.1, 0.15) is 0 Å². The standard InChI is InChI=1S/C18H21ClN2O5S/c1-5-26-17-15(19)10-12(11-16(17)25-4)18(22)20-13-6-8-14(9-7-13)27(23,24)21(2)3/h6-11H,5H2,1-4H3,(H,20,22). The molecule has 0 bridgehead atoms. The maximum Gasteiger partial charge on any atom is 0.255 e. The molecule has 2 aromatic carbocycles. The fourth-order valence-electron chi connectivity index (χ4n) is 2.26. The summed E-state index contributed by atoms with van der Waals surface area (Å²) in [5.41, 5.74) is 0.729. The average molecular weight is 413 g/mol. The molecule has 0 unspecified atom stereocenters. The molecular weight excluding hydrogens is 392 g/mol. The van der Waals surface area contributed by atoms with E-state index in [9.17, 15) is 13.2 Å². The Morgan fingerprint density at radius 3 is 2.33 bits per heavy atom. The van der Waals surface area contributed by atoms with E-state index in [4.69, 9.17) is 21.1 Å². The van der Waals surface area contributed by atoms with E-state index < -0.39 is 15.9 Å². The van der Waals surface area contributed by atoms with Crippen LogP contribution in [-0.2, 0) is 10.0 Å². The summed E-state index contributed by atoms with van der Waals surface area (Å²) in [5.74, 6) is 0.305. The van der Waals surface area contributed by atoms with Gasteiger partial charge in [-0.15, -0.1) is 0 Å². The van der Waals surface area contributed by atoms with Crippen molar-refractivity contribution in [2.45, 2.75) is 11.8 Å². The first-order chi connectivity index (χ1) is 12.7. The molecule has 0 radical (unpaired) electrons. The molecule has 0 aliphatic rings. The lowest BCUT2D eigenvalue weighted by Crippen LogP contribution is -2.22. The number of benzene rings is 2. The number of anilines is 1. The fraction of sp³-hybridized carbons (Fsp3) is 0.278. The number of hydrogen-bond acceptors (Lipinski definition) is 5. The molecule has 2 aromatic rings. The van der Waals surface area contributed by atoms with Crippen molar-refractivity contribution in [3.05, 3.63) is 47.0 Å². The van der Waals surface area contributed by atoms with Gasteiger partial charge >= 0.3 is 0 Å². The van der Waals surface area contributed by atoms with Gasteiger partial charge in [-0.1, -0.05) is 11.6 Å². The van der Waals surface area contributed by atoms with E-state index in [1.54, 1.807) is 0 Å². The molecule has 0 aromatic heterocycles. The smallest absolute Gasteiger partial charge is 0.255 e. The van der Waals surface area contributed by atoms with Crippen molar-refractivity contribution in [3.63, 3.8) is 0 Å². The molecule has 9 heteroatoms. The van der Waals surface area contributed by atoms with Gasteiger partial charge in [-0.05, 0) is 43.3 Å². The molecule has 1 N–H and O–H groups in total. The molecule has 0 fully saturated rings. The highest BCUT2D eigenvalue weighted by atomic mass is 35.5. The van der Waals surface area contributed by atoms with Crippen LogP contribution in [0.4, 0.5) is 5.69 Å². The van der Waals surface area contributed by atoms with Gasteiger partial charge in [0.25, 0.3) is 5.91 Å². The maximum absolute atomic E-state index is 12.5. The topological polar surface area (TPSA) is 84.9 Å². The number of hydrogen-bond donors (Lipinski definition) is 1. The third-order valence-corrected chi connectivity index (χ3v) is 5.78. The molecule has 27 heavy (non-hydrogen) atoms. The van der Waals surface area contributed by atoms with Crippen LogP contribution in [-0.4, -0.2) is 46.4 Å². The third kappa shape index (κ3) is 4.71. The Morgan fingerprint density at radius 2 is 1.81 bits per heavy atom. The van der Waals surface area contributed by atoms with E-state index in [1.807, 2.05) is 6.92 Å². The number of carbonyl (C=O) groups is 1. The molecule has 0 aliphatic heterocycles. The molecular formula is C18H21ClN2O5S. The van der Waals surface area contributed by atoms with Crippen LogP contribution in [0.1, 0.15) is 17.3 Å². The fourth-order valence-corrected chi connectivity index (χ4v) is 3.43. The molecule has 0 saturated carbocycles. The monoisotopic (exact) mass is 412 g/mol. The summed E-state index contributed by atoms with van der Waals surface area (Å²) in [5, 5.41) is 2.95. The first-order valence-electron chi connectivity index (χ1n) is 8.05. The molecule has 0 saturated heterocycles. The number of ether oxygens (including phenoxy) is 2. The van der Waals surface area contributed by atoms with Crippen molar-refractivity contribution in [3.8, 4) is 11.5 Å². The van der Waals surface area contributed by atoms with Gasteiger partial charge in [-0.25, -0.2) is 12.7 Å². The third-order valence-electron chi connectivity index (χ3n) is 3.67. The van der Waals surface area contributed by atoms with Crippen molar-refractivity contribution < 1.29 is 22.7 Å². The number of halogens is 1. The summed E-state index contributed by atoms with van der Waals surface area (Å²) in [7, 11) is 0.837. The maximum atomic E-state index is 12.5. The lowest BCUT2D eigenvalue weighted by Gasteiger charge is -2.14. The van der Waals surface area contributed by atoms with E-state index in [0.29, 0.717) is 23.8 Å². The normalized spacial score (nSPS) is 11.3. The molecule has 1 amide bonds. The minimum absolute atomic E-state index is 0.135. The van der Waals surface area contributed by atoms with Gasteiger partial charge < -0.3 is 14.8 Å². The summed E-state index contributed by atoms with van der Waals surface area (Å²) >= 11 is 6.18. The highest BCUT2D eigenvalue weighted by Gasteiger charge is 2.18. The zero-order chi connectivity index (χ0) is 20.2. The summed E-state index contributed by atoms with van der Waals surface area (Å²) in [6.07, 6.45) is 0. The van der Waals surface area contributed by atoms with E-state index in [1.165, 1.54) is 57.6 Å². The number of methoxy groups -OCH3 is 1. The van der Waals surface area contributed by atoms with Crippen molar-refractivity contribution in [2.24, 2.45) is 0 Å². The Hall–Kier alpha value is -2.29. The number of sulfonamides is 1. The predicted octanol–water partition coefficient (Wildman–Crippen LogP) is 3.25. The van der Waals surface area contributed by atoms with Crippen LogP contribution in [0.5, 0.6) is 11.5 Å². The Morgan fingerprint density at radius 1 is 1.19 bits per heavy atom. The van der Waals surface area contributed by atoms with Gasteiger partial charge in [-0.2, -0.15) is 0 Å². The van der Waals surface area contributed by atoms with Gasteiger partial charge in [-0.3, -0.25) is 4.79 Å². The minimum atomic E-state index is -3.53. The zero-order valence-corrected chi connectivity index (χ0v) is 17.0. The van der Waals surface area contributed by atoms with Crippen molar-refractivity contribution >= 4 is 33.2 Å². The predicted molar refractivity (Wildman–Crippen MR) is 104 cm³/mol. The minimum Gasteiger partial charge on any atom is -0.493 e. The molecule has 146 valence electrons. The summed E-state index contributed by atoms with van der Waals surface area (Å²) in [6.45, 7) is 2.22. The number of carbonyl (C=O) groups excluding carboxylic acids is 1. The van der Waals surface area contributed by atoms with E-state index in [0.717, 1.165) is 4.31 Å². The molecule has 0 atom stereocenters. The highest BCUT2D eigenvalue weighted by Crippen LogP contribution is 2.36. The molecule has 0 heterocycles. The van der Waals surface area contributed by atoms with Gasteiger partial charge in [0, 0.05) is 25.3 Å². The Balaban J connectivity index is 2.24. The Labute approximate surface area is 163 Å². The summed E-state index contributed by atoms with van der Waals surface area (Å²) in [4.78, 5) is 12.6. The largest absolute Gasteiger partial charge is 0.493 e. The number of amides is 1. The van der Waals surface area contributed by atoms with Crippen LogP contribution in [0.2, 0.25) is 5.02 Å². The first-order valence-corrected chi connectivity index (χ1v) is 9.86. The second-order valence-corrected chi connectivity index (χ2v) is 8.25. The Bertz CT molecular complexity index is 928. The van der Waals surface area contributed by atoms with Crippen LogP contribution in [0.3, 0.4) is 0 Å². The lowest BCUT2D eigenvalue weighted by atomic mass is 10.1. The molecule has 7 nitrogen and oxygen atoms in total. The SMILES string of the molecule is CCOc1c(Cl)cc(C(=O)Nc2ccc(S(=O)(=O)N(C)C)cc2)cc1OC. The number of nitrogens with zero attached hydrogens (tertiary/aromatic N) is 1. The Kier molecular flexibility index (Phi) is 6.69. The molecule has 0 spiro atoms. The number of rotatable bonds is 7. The van der Waals surface area contributed by atoms with E-state index in [-0.39, 0.29) is 15.5 Å². The zero-order valence-electron chi connectivity index (χ0n) is 15.4. The van der Waals surface area contributed by atoms with Gasteiger partial charge in [0.15, 0.2) is 11.5 Å². The highest BCUT2D eigenvalue weighted by molar-refractivity contribution is 7.89. The second kappa shape index (κ2) is 8.60. The van der Waals surface area contributed by atoms with Crippen molar-refractivity contribution in [1.82, 2.24) is 4.31 Å². The van der Waals surface area contributed by atoms with Crippen molar-refractivity contribution in [2.75, 3.05) is 33.1 Å². The molecule has 0 aliphatic carbocycles. The van der Waals surface area contributed by atoms with E-state index >= 15 is 0 Å². The van der Waals surface area contributed by atoms with Crippen LogP contribution < -0.4 is 14.8 Å². The summed E-state index contributed by atoms with van der Waals surface area (Å²) < 4.78 is 35.9. The lowest BCUT2D eigenvalue weighted by molar-refractivity contribution is 0.102. The van der Waals surface area contributed by atoms with Crippen molar-refractivity contribution in [1.29, 1.82) is 0 Å². The van der Waals surface area contributed by atoms with Crippen LogP contribution in [0.25, 0.3) is 0 Å². The quantitative estimate of drug-likeness (QED) is 0.754. The molecule has 2 rings (SSSR count). The number of nitrogens with one attached hydrogen (secondary N) is 1. The second-order valence-electron chi connectivity index (χ2n) is 5.69. The van der Waals surface area contributed by atoms with Crippen LogP contribution in [0, 0.1) is 0 Å². The first kappa shape index (κ1) is 21.0. The van der Waals surface area contributed by atoms with Crippen LogP contribution >= 0.6 is 11.6 Å². The average Bonchev–Trinajstić information content (AvgIpc) is 2.63. The van der Waals surface area contributed by atoms with Crippen LogP contribution in [0.15, 0.2) is 41.3 Å². The summed E-state index contributed by atoms with van der Waals surface area (Å²) in [6, 6.07) is 8.89. The van der Waals surface area contributed by atoms with Gasteiger partial charge in [0.2, 0.25) is 10.0 Å². The van der Waals surface area contributed by atoms with E-state index in [2.05, 4.69) is 5.32 Å².